The smallest absolute Gasteiger partial charge is 0.260 e. The van der Waals surface area contributed by atoms with E-state index in [2.05, 4.69) is 0 Å². The van der Waals surface area contributed by atoms with E-state index < -0.39 is 0 Å². The number of carbonyl (C=O) groups is 1. The van der Waals surface area contributed by atoms with Crippen LogP contribution in [0.2, 0.25) is 0 Å². The van der Waals surface area contributed by atoms with E-state index in [-0.39, 0.29) is 5.91 Å². The number of para-hydroxylation sites is 2. The highest BCUT2D eigenvalue weighted by Gasteiger charge is 2.17. The zero-order chi connectivity index (χ0) is 13.8. The third-order valence-corrected chi connectivity index (χ3v) is 2.96. The summed E-state index contributed by atoms with van der Waals surface area (Å²) < 4.78 is 5.13. The first-order valence-corrected chi connectivity index (χ1v) is 5.90. The van der Waals surface area contributed by atoms with Gasteiger partial charge in [-0.25, -0.2) is 0 Å². The number of carbonyl (C=O) groups excluding carboxylic acids is 1. The fourth-order valence-electron chi connectivity index (χ4n) is 1.86. The SMILES string of the molecule is COc1cccc(C(=O)N(C)c2ccccc2)c1N. The maximum absolute atomic E-state index is 12.4. The minimum absolute atomic E-state index is 0.164. The third-order valence-electron chi connectivity index (χ3n) is 2.96. The summed E-state index contributed by atoms with van der Waals surface area (Å²) in [7, 11) is 3.25. The van der Waals surface area contributed by atoms with Crippen molar-refractivity contribution >= 4 is 17.3 Å². The van der Waals surface area contributed by atoms with Gasteiger partial charge in [0.05, 0.1) is 18.4 Å². The number of nitrogens with zero attached hydrogens (tertiary/aromatic N) is 1. The second-order valence-electron chi connectivity index (χ2n) is 4.12. The fraction of sp³-hybridized carbons (Fsp3) is 0.133. The molecule has 0 atom stereocenters. The van der Waals surface area contributed by atoms with Crippen LogP contribution in [0.3, 0.4) is 0 Å². The molecule has 1 amide bonds. The van der Waals surface area contributed by atoms with Crippen LogP contribution >= 0.6 is 0 Å². The molecule has 0 aliphatic heterocycles. The Balaban J connectivity index is 2.35. The molecular formula is C15H16N2O2. The Labute approximate surface area is 112 Å². The van der Waals surface area contributed by atoms with Gasteiger partial charge in [0.2, 0.25) is 0 Å². The van der Waals surface area contributed by atoms with Crippen LogP contribution in [0.15, 0.2) is 48.5 Å². The van der Waals surface area contributed by atoms with Crippen LogP contribution in [0.4, 0.5) is 11.4 Å². The van der Waals surface area contributed by atoms with Crippen molar-refractivity contribution in [3.05, 3.63) is 54.1 Å². The second-order valence-corrected chi connectivity index (χ2v) is 4.12. The predicted octanol–water partition coefficient (Wildman–Crippen LogP) is 2.55. The van der Waals surface area contributed by atoms with E-state index in [1.165, 1.54) is 7.11 Å². The van der Waals surface area contributed by atoms with Crippen molar-refractivity contribution in [2.75, 3.05) is 24.8 Å². The summed E-state index contributed by atoms with van der Waals surface area (Å²) in [6.07, 6.45) is 0. The van der Waals surface area contributed by atoms with Crippen molar-refractivity contribution in [1.82, 2.24) is 0 Å². The summed E-state index contributed by atoms with van der Waals surface area (Å²) in [4.78, 5) is 14.0. The van der Waals surface area contributed by atoms with Crippen molar-refractivity contribution in [3.8, 4) is 5.75 Å². The van der Waals surface area contributed by atoms with E-state index in [0.717, 1.165) is 5.69 Å². The van der Waals surface area contributed by atoms with E-state index in [0.29, 0.717) is 17.0 Å². The molecule has 0 fully saturated rings. The maximum Gasteiger partial charge on any atom is 0.260 e. The molecule has 0 unspecified atom stereocenters. The van der Waals surface area contributed by atoms with Crippen LogP contribution in [0.5, 0.6) is 5.75 Å². The molecule has 0 saturated heterocycles. The molecule has 2 N–H and O–H groups in total. The molecule has 0 bridgehead atoms. The number of hydrogen-bond acceptors (Lipinski definition) is 3. The third kappa shape index (κ3) is 2.52. The number of benzene rings is 2. The molecule has 98 valence electrons. The van der Waals surface area contributed by atoms with Crippen molar-refractivity contribution < 1.29 is 9.53 Å². The molecule has 2 aromatic carbocycles. The number of nitrogens with two attached hydrogens (primary N) is 1. The molecular weight excluding hydrogens is 240 g/mol. The molecule has 0 aliphatic rings. The lowest BCUT2D eigenvalue weighted by atomic mass is 10.1. The summed E-state index contributed by atoms with van der Waals surface area (Å²) in [5.41, 5.74) is 7.55. The largest absolute Gasteiger partial charge is 0.495 e. The van der Waals surface area contributed by atoms with E-state index in [1.54, 1.807) is 30.1 Å². The first-order valence-electron chi connectivity index (χ1n) is 5.90. The Kier molecular flexibility index (Phi) is 3.71. The highest BCUT2D eigenvalue weighted by molar-refractivity contribution is 6.09. The minimum Gasteiger partial charge on any atom is -0.495 e. The van der Waals surface area contributed by atoms with Gasteiger partial charge in [0.25, 0.3) is 5.91 Å². The van der Waals surface area contributed by atoms with Gasteiger partial charge in [-0.2, -0.15) is 0 Å². The molecule has 2 aromatic rings. The summed E-state index contributed by atoms with van der Waals surface area (Å²) >= 11 is 0. The van der Waals surface area contributed by atoms with Crippen LogP contribution in [-0.4, -0.2) is 20.1 Å². The number of nitrogen functional groups attached to an aromatic ring is 1. The summed E-state index contributed by atoms with van der Waals surface area (Å²) in [6, 6.07) is 14.6. The molecule has 0 radical (unpaired) electrons. The highest BCUT2D eigenvalue weighted by Crippen LogP contribution is 2.26. The Morgan fingerprint density at radius 1 is 1.11 bits per heavy atom. The molecule has 4 nitrogen and oxygen atoms in total. The van der Waals surface area contributed by atoms with Crippen molar-refractivity contribution in [2.45, 2.75) is 0 Å². The molecule has 0 heterocycles. The Hall–Kier alpha value is -2.49. The number of hydrogen-bond donors (Lipinski definition) is 1. The molecule has 19 heavy (non-hydrogen) atoms. The van der Waals surface area contributed by atoms with Crippen LogP contribution in [-0.2, 0) is 0 Å². The van der Waals surface area contributed by atoms with Gasteiger partial charge in [0, 0.05) is 12.7 Å². The van der Waals surface area contributed by atoms with E-state index >= 15 is 0 Å². The standard InChI is InChI=1S/C15H16N2O2/c1-17(11-7-4-3-5-8-11)15(18)12-9-6-10-13(19-2)14(12)16/h3-10H,16H2,1-2H3. The quantitative estimate of drug-likeness (QED) is 0.859. The number of anilines is 2. The van der Waals surface area contributed by atoms with E-state index in [9.17, 15) is 4.79 Å². The second kappa shape index (κ2) is 5.44. The molecule has 0 spiro atoms. The average Bonchev–Trinajstić information content (AvgIpc) is 2.47. The molecule has 0 saturated carbocycles. The van der Waals surface area contributed by atoms with E-state index in [4.69, 9.17) is 10.5 Å². The Bertz CT molecular complexity index is 582. The number of amides is 1. The van der Waals surface area contributed by atoms with Gasteiger partial charge in [0.15, 0.2) is 0 Å². The monoisotopic (exact) mass is 256 g/mol. The molecule has 0 aliphatic carbocycles. The number of ether oxygens (including phenoxy) is 1. The van der Waals surface area contributed by atoms with Crippen molar-refractivity contribution in [3.63, 3.8) is 0 Å². The lowest BCUT2D eigenvalue weighted by Crippen LogP contribution is -2.27. The van der Waals surface area contributed by atoms with Gasteiger partial charge in [-0.1, -0.05) is 24.3 Å². The predicted molar refractivity (Wildman–Crippen MR) is 76.6 cm³/mol. The molecule has 2 rings (SSSR count). The van der Waals surface area contributed by atoms with Crippen molar-refractivity contribution in [2.24, 2.45) is 0 Å². The normalized spacial score (nSPS) is 10.0. The Morgan fingerprint density at radius 3 is 2.42 bits per heavy atom. The number of rotatable bonds is 3. The van der Waals surface area contributed by atoms with Gasteiger partial charge >= 0.3 is 0 Å². The zero-order valence-corrected chi connectivity index (χ0v) is 11.0. The topological polar surface area (TPSA) is 55.6 Å². The van der Waals surface area contributed by atoms with Crippen LogP contribution in [0.1, 0.15) is 10.4 Å². The lowest BCUT2D eigenvalue weighted by molar-refractivity contribution is 0.0993. The van der Waals surface area contributed by atoms with E-state index in [1.807, 2.05) is 30.3 Å². The average molecular weight is 256 g/mol. The fourth-order valence-corrected chi connectivity index (χ4v) is 1.86. The summed E-state index contributed by atoms with van der Waals surface area (Å²) in [5, 5.41) is 0. The van der Waals surface area contributed by atoms with Gasteiger partial charge in [-0.3, -0.25) is 4.79 Å². The summed E-state index contributed by atoms with van der Waals surface area (Å²) in [5.74, 6) is 0.343. The first kappa shape index (κ1) is 13.0. The van der Waals surface area contributed by atoms with Crippen molar-refractivity contribution in [1.29, 1.82) is 0 Å². The van der Waals surface area contributed by atoms with Gasteiger partial charge in [0.1, 0.15) is 5.75 Å². The van der Waals surface area contributed by atoms with Gasteiger partial charge in [-0.05, 0) is 24.3 Å². The van der Waals surface area contributed by atoms with Crippen LogP contribution in [0, 0.1) is 0 Å². The first-order chi connectivity index (χ1) is 9.15. The number of methoxy groups -OCH3 is 1. The maximum atomic E-state index is 12.4. The highest BCUT2D eigenvalue weighted by atomic mass is 16.5. The minimum atomic E-state index is -0.164. The lowest BCUT2D eigenvalue weighted by Gasteiger charge is -2.19. The molecule has 4 heteroatoms. The summed E-state index contributed by atoms with van der Waals surface area (Å²) in [6.45, 7) is 0. The Morgan fingerprint density at radius 2 is 1.79 bits per heavy atom. The van der Waals surface area contributed by atoms with Gasteiger partial charge in [-0.15, -0.1) is 0 Å². The molecule has 0 aromatic heterocycles. The van der Waals surface area contributed by atoms with Crippen LogP contribution in [0.25, 0.3) is 0 Å². The van der Waals surface area contributed by atoms with Crippen LogP contribution < -0.4 is 15.4 Å². The zero-order valence-electron chi connectivity index (χ0n) is 11.0. The van der Waals surface area contributed by atoms with Gasteiger partial charge < -0.3 is 15.4 Å².